The van der Waals surface area contributed by atoms with Gasteiger partial charge in [-0.25, -0.2) is 0 Å². The predicted octanol–water partition coefficient (Wildman–Crippen LogP) is 1.21. The summed E-state index contributed by atoms with van der Waals surface area (Å²) >= 11 is 0. The lowest BCUT2D eigenvalue weighted by atomic mass is 10.1. The molecule has 2 unspecified atom stereocenters. The number of hydrogen-bond donors (Lipinski definition) is 2. The highest BCUT2D eigenvalue weighted by Gasteiger charge is 2.26. The van der Waals surface area contributed by atoms with Gasteiger partial charge < -0.3 is 14.8 Å². The third-order valence-corrected chi connectivity index (χ3v) is 3.53. The molecule has 96 valence electrons. The first-order chi connectivity index (χ1) is 8.31. The Morgan fingerprint density at radius 2 is 2.47 bits per heavy atom. The lowest BCUT2D eigenvalue weighted by Gasteiger charge is -2.33. The summed E-state index contributed by atoms with van der Waals surface area (Å²) in [5.74, 6) is 1.00. The van der Waals surface area contributed by atoms with Gasteiger partial charge in [-0.05, 0) is 38.4 Å². The van der Waals surface area contributed by atoms with Crippen molar-refractivity contribution in [1.29, 1.82) is 0 Å². The molecule has 1 aliphatic heterocycles. The summed E-state index contributed by atoms with van der Waals surface area (Å²) in [6.45, 7) is 5.33. The molecule has 17 heavy (non-hydrogen) atoms. The number of aliphatic hydroxyl groups excluding tert-OH is 1. The van der Waals surface area contributed by atoms with Crippen LogP contribution in [0.4, 0.5) is 0 Å². The average Bonchev–Trinajstić information content (AvgIpc) is 2.77. The van der Waals surface area contributed by atoms with Crippen molar-refractivity contribution in [2.24, 2.45) is 0 Å². The van der Waals surface area contributed by atoms with Crippen molar-refractivity contribution in [3.05, 3.63) is 24.2 Å². The summed E-state index contributed by atoms with van der Waals surface area (Å²) < 4.78 is 5.43. The maximum atomic E-state index is 9.16. The molecule has 4 nitrogen and oxygen atoms in total. The zero-order chi connectivity index (χ0) is 12.1. The summed E-state index contributed by atoms with van der Waals surface area (Å²) in [7, 11) is 0. The van der Waals surface area contributed by atoms with Crippen molar-refractivity contribution in [3.63, 3.8) is 0 Å². The smallest absolute Gasteiger partial charge is 0.117 e. The summed E-state index contributed by atoms with van der Waals surface area (Å²) in [6, 6.07) is 4.85. The number of hydrogen-bond acceptors (Lipinski definition) is 4. The molecule has 0 aromatic carbocycles. The fourth-order valence-corrected chi connectivity index (χ4v) is 2.51. The first-order valence-electron chi connectivity index (χ1n) is 6.41. The van der Waals surface area contributed by atoms with E-state index in [0.29, 0.717) is 12.1 Å². The molecule has 0 bridgehead atoms. The van der Waals surface area contributed by atoms with Crippen LogP contribution in [0.25, 0.3) is 0 Å². The Morgan fingerprint density at radius 3 is 3.18 bits per heavy atom. The lowest BCUT2D eigenvalue weighted by Crippen LogP contribution is -2.43. The molecule has 4 heteroatoms. The monoisotopic (exact) mass is 238 g/mol. The van der Waals surface area contributed by atoms with Crippen LogP contribution in [0.15, 0.2) is 22.8 Å². The van der Waals surface area contributed by atoms with Crippen molar-refractivity contribution in [1.82, 2.24) is 10.2 Å². The number of rotatable bonds is 4. The van der Waals surface area contributed by atoms with Crippen molar-refractivity contribution in [3.8, 4) is 0 Å². The summed E-state index contributed by atoms with van der Waals surface area (Å²) in [4.78, 5) is 2.44. The molecule has 2 atom stereocenters. The number of furan rings is 1. The van der Waals surface area contributed by atoms with E-state index in [1.165, 1.54) is 0 Å². The van der Waals surface area contributed by atoms with Gasteiger partial charge in [-0.2, -0.15) is 0 Å². The van der Waals surface area contributed by atoms with Crippen molar-refractivity contribution < 1.29 is 9.52 Å². The molecule has 0 spiro atoms. The average molecular weight is 238 g/mol. The third-order valence-electron chi connectivity index (χ3n) is 3.53. The molecule has 1 aliphatic rings. The van der Waals surface area contributed by atoms with Gasteiger partial charge in [0.25, 0.3) is 0 Å². The SMILES string of the molecule is CC1CCNCC(CCO)N1Cc1ccco1. The third kappa shape index (κ3) is 3.31. The van der Waals surface area contributed by atoms with E-state index in [2.05, 4.69) is 17.1 Å². The molecule has 0 aliphatic carbocycles. The van der Waals surface area contributed by atoms with Gasteiger partial charge in [-0.1, -0.05) is 0 Å². The standard InChI is InChI=1S/C13H22N2O2/c1-11-4-6-14-9-12(5-7-16)15(11)10-13-3-2-8-17-13/h2-3,8,11-12,14,16H,4-7,9-10H2,1H3. The first kappa shape index (κ1) is 12.6. The molecule has 2 rings (SSSR count). The Morgan fingerprint density at radius 1 is 1.59 bits per heavy atom. The van der Waals surface area contributed by atoms with Gasteiger partial charge >= 0.3 is 0 Å². The van der Waals surface area contributed by atoms with Crippen LogP contribution >= 0.6 is 0 Å². The van der Waals surface area contributed by atoms with E-state index in [4.69, 9.17) is 9.52 Å². The Hall–Kier alpha value is -0.840. The van der Waals surface area contributed by atoms with Crippen molar-refractivity contribution >= 4 is 0 Å². The van der Waals surface area contributed by atoms with Crippen LogP contribution in [0.3, 0.4) is 0 Å². The second-order valence-corrected chi connectivity index (χ2v) is 4.76. The van der Waals surface area contributed by atoms with Gasteiger partial charge in [-0.3, -0.25) is 4.90 Å². The highest BCUT2D eigenvalue weighted by molar-refractivity contribution is 4.99. The van der Waals surface area contributed by atoms with E-state index in [1.54, 1.807) is 6.26 Å². The highest BCUT2D eigenvalue weighted by Crippen LogP contribution is 2.18. The van der Waals surface area contributed by atoms with Crippen LogP contribution in [-0.2, 0) is 6.54 Å². The second-order valence-electron chi connectivity index (χ2n) is 4.76. The highest BCUT2D eigenvalue weighted by atomic mass is 16.3. The molecule has 1 saturated heterocycles. The van der Waals surface area contributed by atoms with E-state index in [0.717, 1.165) is 38.2 Å². The first-order valence-corrected chi connectivity index (χ1v) is 6.41. The normalized spacial score (nSPS) is 26.9. The zero-order valence-electron chi connectivity index (χ0n) is 10.4. The molecule has 1 aromatic rings. The van der Waals surface area contributed by atoms with Gasteiger partial charge in [0.2, 0.25) is 0 Å². The maximum Gasteiger partial charge on any atom is 0.117 e. The van der Waals surface area contributed by atoms with Crippen LogP contribution in [-0.4, -0.2) is 41.8 Å². The largest absolute Gasteiger partial charge is 0.468 e. The summed E-state index contributed by atoms with van der Waals surface area (Å²) in [5.41, 5.74) is 0. The minimum Gasteiger partial charge on any atom is -0.468 e. The van der Waals surface area contributed by atoms with Crippen LogP contribution in [0.2, 0.25) is 0 Å². The van der Waals surface area contributed by atoms with Gasteiger partial charge in [0, 0.05) is 25.2 Å². The predicted molar refractivity (Wildman–Crippen MR) is 66.7 cm³/mol. The van der Waals surface area contributed by atoms with Crippen LogP contribution < -0.4 is 5.32 Å². The fourth-order valence-electron chi connectivity index (χ4n) is 2.51. The maximum absolute atomic E-state index is 9.16. The van der Waals surface area contributed by atoms with Crippen molar-refractivity contribution in [2.75, 3.05) is 19.7 Å². The topological polar surface area (TPSA) is 48.6 Å². The second kappa shape index (κ2) is 6.19. The van der Waals surface area contributed by atoms with Gasteiger partial charge in [0.15, 0.2) is 0 Å². The van der Waals surface area contributed by atoms with Crippen LogP contribution in [0, 0.1) is 0 Å². The van der Waals surface area contributed by atoms with Crippen LogP contribution in [0.1, 0.15) is 25.5 Å². The minimum absolute atomic E-state index is 0.244. The molecule has 0 amide bonds. The molecule has 1 fully saturated rings. The van der Waals surface area contributed by atoms with E-state index < -0.39 is 0 Å². The summed E-state index contributed by atoms with van der Waals surface area (Å²) in [6.07, 6.45) is 3.68. The fraction of sp³-hybridized carbons (Fsp3) is 0.692. The number of nitrogens with one attached hydrogen (secondary N) is 1. The van der Waals surface area contributed by atoms with Crippen molar-refractivity contribution in [2.45, 2.75) is 38.4 Å². The van der Waals surface area contributed by atoms with Gasteiger partial charge in [0.1, 0.15) is 5.76 Å². The van der Waals surface area contributed by atoms with E-state index >= 15 is 0 Å². The molecule has 0 radical (unpaired) electrons. The Labute approximate surface area is 103 Å². The van der Waals surface area contributed by atoms with Gasteiger partial charge in [0.05, 0.1) is 12.8 Å². The molecule has 2 heterocycles. The quantitative estimate of drug-likeness (QED) is 0.828. The molecular formula is C13H22N2O2. The molecule has 1 aromatic heterocycles. The Bertz CT molecular complexity index is 313. The minimum atomic E-state index is 0.244. The molecule has 0 saturated carbocycles. The van der Waals surface area contributed by atoms with E-state index in [1.807, 2.05) is 12.1 Å². The summed E-state index contributed by atoms with van der Waals surface area (Å²) in [5, 5.41) is 12.6. The number of aliphatic hydroxyl groups is 1. The number of nitrogens with zero attached hydrogens (tertiary/aromatic N) is 1. The molecule has 2 N–H and O–H groups in total. The Kier molecular flexibility index (Phi) is 4.59. The van der Waals surface area contributed by atoms with E-state index in [-0.39, 0.29) is 6.61 Å². The van der Waals surface area contributed by atoms with E-state index in [9.17, 15) is 0 Å². The molecular weight excluding hydrogens is 216 g/mol. The zero-order valence-corrected chi connectivity index (χ0v) is 10.4. The van der Waals surface area contributed by atoms with Gasteiger partial charge in [-0.15, -0.1) is 0 Å². The van der Waals surface area contributed by atoms with Crippen LogP contribution in [0.5, 0.6) is 0 Å². The lowest BCUT2D eigenvalue weighted by molar-refractivity contribution is 0.110. The Balaban J connectivity index is 2.05.